The molecule has 4 nitrogen and oxygen atoms in total. The maximum absolute atomic E-state index is 11.6. The lowest BCUT2D eigenvalue weighted by Gasteiger charge is -2.42. The highest BCUT2D eigenvalue weighted by molar-refractivity contribution is 7.16. The number of carbonyl (C=O) groups is 1. The van der Waals surface area contributed by atoms with E-state index in [1.54, 1.807) is 0 Å². The van der Waals surface area contributed by atoms with Crippen LogP contribution in [0.1, 0.15) is 31.1 Å². The molecule has 0 saturated carbocycles. The number of piperidine rings is 1. The van der Waals surface area contributed by atoms with E-state index in [0.29, 0.717) is 25.9 Å². The van der Waals surface area contributed by atoms with Crippen molar-refractivity contribution in [3.8, 4) is 0 Å². The van der Waals surface area contributed by atoms with Crippen molar-refractivity contribution >= 4 is 28.9 Å². The van der Waals surface area contributed by atoms with E-state index < -0.39 is 17.5 Å². The summed E-state index contributed by atoms with van der Waals surface area (Å²) in [6.07, 6.45) is 0.979. The van der Waals surface area contributed by atoms with Gasteiger partial charge in [0.1, 0.15) is 0 Å². The van der Waals surface area contributed by atoms with Crippen molar-refractivity contribution in [2.45, 2.75) is 38.8 Å². The molecule has 2 atom stereocenters. The van der Waals surface area contributed by atoms with Gasteiger partial charge in [-0.2, -0.15) is 0 Å². The van der Waals surface area contributed by atoms with E-state index in [0.717, 1.165) is 22.2 Å². The molecule has 0 spiro atoms. The molecule has 0 bridgehead atoms. The summed E-state index contributed by atoms with van der Waals surface area (Å²) in [5.74, 6) is -0.870. The number of hydrogen-bond acceptors (Lipinski definition) is 4. The monoisotopic (exact) mass is 317 g/mol. The average molecular weight is 318 g/mol. The minimum atomic E-state index is -0.974. The Labute approximate surface area is 128 Å². The number of halogens is 1. The third kappa shape index (κ3) is 3.17. The molecule has 1 aromatic rings. The molecule has 0 amide bonds. The maximum atomic E-state index is 11.6. The summed E-state index contributed by atoms with van der Waals surface area (Å²) >= 11 is 7.43. The van der Waals surface area contributed by atoms with Gasteiger partial charge in [0.15, 0.2) is 0 Å². The highest BCUT2D eigenvalue weighted by Gasteiger charge is 2.47. The predicted molar refractivity (Wildman–Crippen MR) is 80.2 cm³/mol. The van der Waals surface area contributed by atoms with Crippen molar-refractivity contribution < 1.29 is 15.0 Å². The molecule has 1 aromatic heterocycles. The Balaban J connectivity index is 2.02. The molecule has 2 N–H and O–H groups in total. The van der Waals surface area contributed by atoms with Gasteiger partial charge in [-0.3, -0.25) is 9.69 Å². The summed E-state index contributed by atoms with van der Waals surface area (Å²) in [4.78, 5) is 14.8. The van der Waals surface area contributed by atoms with E-state index in [2.05, 4.69) is 4.90 Å². The van der Waals surface area contributed by atoms with Crippen LogP contribution in [0, 0.1) is 5.41 Å². The predicted octanol–water partition coefficient (Wildman–Crippen LogP) is 2.84. The van der Waals surface area contributed by atoms with Gasteiger partial charge in [0.05, 0.1) is 15.9 Å². The van der Waals surface area contributed by atoms with E-state index in [-0.39, 0.29) is 0 Å². The standard InChI is InChI=1S/C14H20ClNO3S/c1-2-5-14(13(18)19)6-7-16(9-11(14)17)8-10-3-4-12(15)20-10/h3-4,11,17H,2,5-9H2,1H3,(H,18,19)/t11-,14-/m0/s1. The van der Waals surface area contributed by atoms with Gasteiger partial charge in [-0.25, -0.2) is 0 Å². The van der Waals surface area contributed by atoms with Crippen LogP contribution in [0.5, 0.6) is 0 Å². The largest absolute Gasteiger partial charge is 0.481 e. The van der Waals surface area contributed by atoms with Crippen LogP contribution in [0.15, 0.2) is 12.1 Å². The van der Waals surface area contributed by atoms with E-state index in [1.165, 1.54) is 11.3 Å². The number of likely N-dealkylation sites (tertiary alicyclic amines) is 1. The number of aliphatic carboxylic acids is 1. The summed E-state index contributed by atoms with van der Waals surface area (Å²) < 4.78 is 0.753. The number of rotatable bonds is 5. The van der Waals surface area contributed by atoms with E-state index >= 15 is 0 Å². The molecule has 2 rings (SSSR count). The fourth-order valence-electron chi connectivity index (χ4n) is 2.93. The van der Waals surface area contributed by atoms with Crippen molar-refractivity contribution in [3.63, 3.8) is 0 Å². The number of aliphatic hydroxyl groups excluding tert-OH is 1. The number of aliphatic hydroxyl groups is 1. The Morgan fingerprint density at radius 3 is 2.85 bits per heavy atom. The van der Waals surface area contributed by atoms with Crippen molar-refractivity contribution in [1.82, 2.24) is 4.90 Å². The van der Waals surface area contributed by atoms with Gasteiger partial charge < -0.3 is 10.2 Å². The maximum Gasteiger partial charge on any atom is 0.312 e. The quantitative estimate of drug-likeness (QED) is 0.876. The molecule has 1 aliphatic rings. The zero-order valence-electron chi connectivity index (χ0n) is 11.5. The molecule has 1 aliphatic heterocycles. The van der Waals surface area contributed by atoms with Gasteiger partial charge in [-0.05, 0) is 31.5 Å². The number of thiophene rings is 1. The zero-order chi connectivity index (χ0) is 14.8. The minimum Gasteiger partial charge on any atom is -0.481 e. The normalized spacial score (nSPS) is 27.6. The van der Waals surface area contributed by atoms with E-state index in [9.17, 15) is 15.0 Å². The summed E-state index contributed by atoms with van der Waals surface area (Å²) in [6.45, 7) is 3.77. The number of carboxylic acids is 1. The fourth-order valence-corrected chi connectivity index (χ4v) is 4.06. The van der Waals surface area contributed by atoms with Crippen LogP contribution >= 0.6 is 22.9 Å². The summed E-state index contributed by atoms with van der Waals surface area (Å²) in [6, 6.07) is 3.84. The third-order valence-electron chi connectivity index (χ3n) is 4.07. The van der Waals surface area contributed by atoms with Gasteiger partial charge in [0, 0.05) is 18.0 Å². The minimum absolute atomic E-state index is 0.405. The summed E-state index contributed by atoms with van der Waals surface area (Å²) in [5, 5.41) is 19.8. The molecule has 6 heteroatoms. The second kappa shape index (κ2) is 6.43. The molecule has 2 heterocycles. The van der Waals surface area contributed by atoms with E-state index in [1.807, 2.05) is 19.1 Å². The first-order valence-corrected chi connectivity index (χ1v) is 8.05. The molecule has 0 radical (unpaired) electrons. The molecule has 0 aliphatic carbocycles. The molecular weight excluding hydrogens is 298 g/mol. The smallest absolute Gasteiger partial charge is 0.312 e. The van der Waals surface area contributed by atoms with Crippen LogP contribution in [-0.4, -0.2) is 40.3 Å². The first kappa shape index (κ1) is 15.8. The second-order valence-electron chi connectivity index (χ2n) is 5.42. The molecular formula is C14H20ClNO3S. The molecule has 1 saturated heterocycles. The van der Waals surface area contributed by atoms with Crippen LogP contribution in [0.2, 0.25) is 4.34 Å². The lowest BCUT2D eigenvalue weighted by atomic mass is 9.73. The highest BCUT2D eigenvalue weighted by atomic mass is 35.5. The van der Waals surface area contributed by atoms with Crippen molar-refractivity contribution in [1.29, 1.82) is 0 Å². The molecule has 0 unspecified atom stereocenters. The lowest BCUT2D eigenvalue weighted by Crippen LogP contribution is -2.54. The first-order chi connectivity index (χ1) is 9.48. The fraction of sp³-hybridized carbons (Fsp3) is 0.643. The number of carboxylic acid groups (broad SMARTS) is 1. The summed E-state index contributed by atoms with van der Waals surface area (Å²) in [5.41, 5.74) is -0.974. The summed E-state index contributed by atoms with van der Waals surface area (Å²) in [7, 11) is 0. The third-order valence-corrected chi connectivity index (χ3v) is 5.29. The second-order valence-corrected chi connectivity index (χ2v) is 7.22. The lowest BCUT2D eigenvalue weighted by molar-refractivity contribution is -0.164. The number of β-amino-alcohol motifs (C(OH)–C–C–N with tert-alkyl or cyclic N) is 1. The SMILES string of the molecule is CCC[C@]1(C(=O)O)CCN(Cc2ccc(Cl)s2)C[C@@H]1O. The topological polar surface area (TPSA) is 60.8 Å². The Morgan fingerprint density at radius 1 is 1.60 bits per heavy atom. The van der Waals surface area contributed by atoms with Gasteiger partial charge in [-0.15, -0.1) is 11.3 Å². The van der Waals surface area contributed by atoms with Gasteiger partial charge in [0.2, 0.25) is 0 Å². The van der Waals surface area contributed by atoms with E-state index in [4.69, 9.17) is 11.6 Å². The van der Waals surface area contributed by atoms with Crippen LogP contribution in [-0.2, 0) is 11.3 Å². The van der Waals surface area contributed by atoms with Crippen molar-refractivity contribution in [3.05, 3.63) is 21.3 Å². The van der Waals surface area contributed by atoms with Crippen molar-refractivity contribution in [2.75, 3.05) is 13.1 Å². The zero-order valence-corrected chi connectivity index (χ0v) is 13.1. The average Bonchev–Trinajstić information content (AvgIpc) is 2.78. The number of hydrogen-bond donors (Lipinski definition) is 2. The van der Waals surface area contributed by atoms with Gasteiger partial charge >= 0.3 is 5.97 Å². The molecule has 20 heavy (non-hydrogen) atoms. The molecule has 0 aromatic carbocycles. The Morgan fingerprint density at radius 2 is 2.35 bits per heavy atom. The van der Waals surface area contributed by atoms with Crippen molar-refractivity contribution in [2.24, 2.45) is 5.41 Å². The Bertz CT molecular complexity index is 479. The van der Waals surface area contributed by atoms with Crippen LogP contribution < -0.4 is 0 Å². The van der Waals surface area contributed by atoms with Crippen LogP contribution in [0.3, 0.4) is 0 Å². The highest BCUT2D eigenvalue weighted by Crippen LogP contribution is 2.37. The Hall–Kier alpha value is -0.620. The van der Waals surface area contributed by atoms with Gasteiger partial charge in [0.25, 0.3) is 0 Å². The van der Waals surface area contributed by atoms with Crippen LogP contribution in [0.25, 0.3) is 0 Å². The molecule has 1 fully saturated rings. The van der Waals surface area contributed by atoms with Crippen LogP contribution in [0.4, 0.5) is 0 Å². The first-order valence-electron chi connectivity index (χ1n) is 6.86. The van der Waals surface area contributed by atoms with Gasteiger partial charge in [-0.1, -0.05) is 24.9 Å². The molecule has 112 valence electrons. The Kier molecular flexibility index (Phi) is 5.07. The number of nitrogens with zero attached hydrogens (tertiary/aromatic N) is 1.